The van der Waals surface area contributed by atoms with Gasteiger partial charge in [0.1, 0.15) is 11.6 Å². The molecule has 6 heteroatoms. The van der Waals surface area contributed by atoms with Crippen molar-refractivity contribution in [3.63, 3.8) is 0 Å². The monoisotopic (exact) mass is 222 g/mol. The molecule has 1 fully saturated rings. The third-order valence-corrected chi connectivity index (χ3v) is 2.71. The van der Waals surface area contributed by atoms with Gasteiger partial charge in [-0.3, -0.25) is 10.1 Å². The smallest absolute Gasteiger partial charge is 0.276 e. The standard InChI is InChI=1S/C10H14N4O2/c11-9-6-8(14(15)16)7-10(12-9)13-4-2-1-3-5-13/h6-7H,1-5H2,(H2,11,12). The Morgan fingerprint density at radius 2 is 2.00 bits per heavy atom. The summed E-state index contributed by atoms with van der Waals surface area (Å²) in [5, 5.41) is 10.7. The highest BCUT2D eigenvalue weighted by Gasteiger charge is 2.16. The fourth-order valence-corrected chi connectivity index (χ4v) is 1.91. The molecule has 86 valence electrons. The summed E-state index contributed by atoms with van der Waals surface area (Å²) in [4.78, 5) is 16.4. The van der Waals surface area contributed by atoms with Gasteiger partial charge in [0, 0.05) is 13.1 Å². The average molecular weight is 222 g/mol. The lowest BCUT2D eigenvalue weighted by molar-refractivity contribution is -0.384. The molecule has 0 unspecified atom stereocenters. The molecule has 2 heterocycles. The van der Waals surface area contributed by atoms with Crippen molar-refractivity contribution in [3.8, 4) is 0 Å². The van der Waals surface area contributed by atoms with E-state index >= 15 is 0 Å². The van der Waals surface area contributed by atoms with Gasteiger partial charge in [-0.05, 0) is 19.3 Å². The number of rotatable bonds is 2. The largest absolute Gasteiger partial charge is 0.383 e. The predicted molar refractivity (Wildman–Crippen MR) is 61.4 cm³/mol. The van der Waals surface area contributed by atoms with Gasteiger partial charge >= 0.3 is 0 Å². The summed E-state index contributed by atoms with van der Waals surface area (Å²) in [6, 6.07) is 2.77. The first-order chi connectivity index (χ1) is 7.66. The van der Waals surface area contributed by atoms with Crippen molar-refractivity contribution in [1.29, 1.82) is 0 Å². The molecule has 1 saturated heterocycles. The van der Waals surface area contributed by atoms with Crippen LogP contribution >= 0.6 is 0 Å². The Balaban J connectivity index is 2.28. The topological polar surface area (TPSA) is 85.3 Å². The molecule has 1 aromatic heterocycles. The maximum Gasteiger partial charge on any atom is 0.276 e. The fourth-order valence-electron chi connectivity index (χ4n) is 1.91. The minimum absolute atomic E-state index is 0.00748. The number of pyridine rings is 1. The zero-order valence-corrected chi connectivity index (χ0v) is 8.93. The molecule has 0 amide bonds. The van der Waals surface area contributed by atoms with E-state index in [1.165, 1.54) is 18.6 Å². The molecule has 2 N–H and O–H groups in total. The minimum Gasteiger partial charge on any atom is -0.383 e. The van der Waals surface area contributed by atoms with E-state index in [4.69, 9.17) is 5.73 Å². The quantitative estimate of drug-likeness (QED) is 0.606. The van der Waals surface area contributed by atoms with E-state index in [0.29, 0.717) is 5.82 Å². The summed E-state index contributed by atoms with van der Waals surface area (Å²) in [6.45, 7) is 1.79. The highest BCUT2D eigenvalue weighted by atomic mass is 16.6. The average Bonchev–Trinajstić information content (AvgIpc) is 2.29. The van der Waals surface area contributed by atoms with E-state index < -0.39 is 4.92 Å². The van der Waals surface area contributed by atoms with Crippen LogP contribution in [0.5, 0.6) is 0 Å². The maximum absolute atomic E-state index is 10.7. The summed E-state index contributed by atoms with van der Waals surface area (Å²) >= 11 is 0. The molecule has 16 heavy (non-hydrogen) atoms. The van der Waals surface area contributed by atoms with Crippen LogP contribution in [0, 0.1) is 10.1 Å². The number of nitrogens with two attached hydrogens (primary N) is 1. The summed E-state index contributed by atoms with van der Waals surface area (Å²) in [7, 11) is 0. The summed E-state index contributed by atoms with van der Waals surface area (Å²) in [5.41, 5.74) is 5.57. The lowest BCUT2D eigenvalue weighted by atomic mass is 10.1. The van der Waals surface area contributed by atoms with Gasteiger partial charge in [0.2, 0.25) is 0 Å². The number of nitrogen functional groups attached to an aromatic ring is 1. The molecule has 1 aliphatic rings. The van der Waals surface area contributed by atoms with Gasteiger partial charge in [-0.15, -0.1) is 0 Å². The normalized spacial score (nSPS) is 16.1. The zero-order valence-electron chi connectivity index (χ0n) is 8.93. The van der Waals surface area contributed by atoms with Crippen LogP contribution in [-0.2, 0) is 0 Å². The van der Waals surface area contributed by atoms with Gasteiger partial charge in [-0.25, -0.2) is 4.98 Å². The molecular weight excluding hydrogens is 208 g/mol. The Kier molecular flexibility index (Phi) is 2.89. The first kappa shape index (κ1) is 10.7. The lowest BCUT2D eigenvalue weighted by Crippen LogP contribution is -2.30. The number of hydrogen-bond acceptors (Lipinski definition) is 5. The van der Waals surface area contributed by atoms with Crippen LogP contribution in [0.4, 0.5) is 17.3 Å². The first-order valence-electron chi connectivity index (χ1n) is 5.34. The maximum atomic E-state index is 10.7. The number of aromatic nitrogens is 1. The molecule has 0 aromatic carbocycles. The van der Waals surface area contributed by atoms with Gasteiger partial charge in [0.15, 0.2) is 0 Å². The van der Waals surface area contributed by atoms with Crippen LogP contribution in [0.1, 0.15) is 19.3 Å². The Bertz CT molecular complexity index is 402. The second kappa shape index (κ2) is 4.34. The van der Waals surface area contributed by atoms with Crippen molar-refractivity contribution >= 4 is 17.3 Å². The molecule has 0 bridgehead atoms. The lowest BCUT2D eigenvalue weighted by Gasteiger charge is -2.27. The van der Waals surface area contributed by atoms with E-state index in [2.05, 4.69) is 4.98 Å². The van der Waals surface area contributed by atoms with E-state index in [-0.39, 0.29) is 11.5 Å². The van der Waals surface area contributed by atoms with Crippen molar-refractivity contribution in [2.75, 3.05) is 23.7 Å². The molecule has 0 aliphatic carbocycles. The molecule has 0 radical (unpaired) electrons. The third kappa shape index (κ3) is 2.21. The minimum atomic E-state index is -0.439. The van der Waals surface area contributed by atoms with Crippen molar-refractivity contribution in [1.82, 2.24) is 4.98 Å². The van der Waals surface area contributed by atoms with Crippen LogP contribution in [-0.4, -0.2) is 23.0 Å². The molecule has 6 nitrogen and oxygen atoms in total. The molecule has 0 atom stereocenters. The van der Waals surface area contributed by atoms with E-state index in [1.807, 2.05) is 4.90 Å². The Morgan fingerprint density at radius 1 is 1.31 bits per heavy atom. The number of anilines is 2. The van der Waals surface area contributed by atoms with Gasteiger partial charge in [0.05, 0.1) is 17.1 Å². The van der Waals surface area contributed by atoms with Gasteiger partial charge < -0.3 is 10.6 Å². The second-order valence-corrected chi connectivity index (χ2v) is 3.91. The van der Waals surface area contributed by atoms with Crippen LogP contribution in [0.25, 0.3) is 0 Å². The van der Waals surface area contributed by atoms with E-state index in [0.717, 1.165) is 25.9 Å². The third-order valence-electron chi connectivity index (χ3n) is 2.71. The molecular formula is C10H14N4O2. The first-order valence-corrected chi connectivity index (χ1v) is 5.34. The van der Waals surface area contributed by atoms with Crippen LogP contribution in [0.15, 0.2) is 12.1 Å². The van der Waals surface area contributed by atoms with Crippen molar-refractivity contribution in [3.05, 3.63) is 22.2 Å². The Labute approximate surface area is 93.2 Å². The number of nitrogens with zero attached hydrogens (tertiary/aromatic N) is 3. The number of hydrogen-bond donors (Lipinski definition) is 1. The fraction of sp³-hybridized carbons (Fsp3) is 0.500. The Morgan fingerprint density at radius 3 is 2.62 bits per heavy atom. The van der Waals surface area contributed by atoms with Gasteiger partial charge in [0.25, 0.3) is 5.69 Å². The molecule has 0 saturated carbocycles. The molecule has 0 spiro atoms. The number of nitro groups is 1. The molecule has 1 aromatic rings. The zero-order chi connectivity index (χ0) is 11.5. The molecule has 2 rings (SSSR count). The van der Waals surface area contributed by atoms with Crippen molar-refractivity contribution in [2.45, 2.75) is 19.3 Å². The Hall–Kier alpha value is -1.85. The summed E-state index contributed by atoms with van der Waals surface area (Å²) < 4.78 is 0. The van der Waals surface area contributed by atoms with E-state index in [9.17, 15) is 10.1 Å². The van der Waals surface area contributed by atoms with E-state index in [1.54, 1.807) is 0 Å². The van der Waals surface area contributed by atoms with Gasteiger partial charge in [-0.1, -0.05) is 0 Å². The summed E-state index contributed by atoms with van der Waals surface area (Å²) in [5.74, 6) is 0.821. The molecule has 1 aliphatic heterocycles. The SMILES string of the molecule is Nc1cc([N+](=O)[O-])cc(N2CCCCC2)n1. The van der Waals surface area contributed by atoms with Crippen molar-refractivity contribution in [2.24, 2.45) is 0 Å². The van der Waals surface area contributed by atoms with Crippen LogP contribution in [0.2, 0.25) is 0 Å². The van der Waals surface area contributed by atoms with Gasteiger partial charge in [-0.2, -0.15) is 0 Å². The van der Waals surface area contributed by atoms with Crippen LogP contribution in [0.3, 0.4) is 0 Å². The second-order valence-electron chi connectivity index (χ2n) is 3.91. The highest BCUT2D eigenvalue weighted by Crippen LogP contribution is 2.24. The predicted octanol–water partition coefficient (Wildman–Crippen LogP) is 1.56. The highest BCUT2D eigenvalue weighted by molar-refractivity contribution is 5.54. The van der Waals surface area contributed by atoms with Crippen molar-refractivity contribution < 1.29 is 4.92 Å². The summed E-state index contributed by atoms with van der Waals surface area (Å²) in [6.07, 6.45) is 3.41. The number of piperidine rings is 1. The van der Waals surface area contributed by atoms with Crippen LogP contribution < -0.4 is 10.6 Å².